The molecule has 0 N–H and O–H groups in total. The topological polar surface area (TPSA) is 39.9 Å². The van der Waals surface area contributed by atoms with E-state index in [1.165, 1.54) is 6.07 Å². The predicted molar refractivity (Wildman–Crippen MR) is 107 cm³/mol. The van der Waals surface area contributed by atoms with Gasteiger partial charge in [0.1, 0.15) is 17.4 Å². The fourth-order valence-electron chi connectivity index (χ4n) is 4.29. The molecule has 152 valence electrons. The van der Waals surface area contributed by atoms with Crippen LogP contribution >= 0.6 is 0 Å². The van der Waals surface area contributed by atoms with E-state index < -0.39 is 6.61 Å². The third-order valence-electron chi connectivity index (χ3n) is 5.63. The summed E-state index contributed by atoms with van der Waals surface area (Å²) in [5.41, 5.74) is 4.04. The summed E-state index contributed by atoms with van der Waals surface area (Å²) in [6.07, 6.45) is 4.69. The summed E-state index contributed by atoms with van der Waals surface area (Å²) >= 11 is 0. The summed E-state index contributed by atoms with van der Waals surface area (Å²) in [6, 6.07) is 11.6. The van der Waals surface area contributed by atoms with Gasteiger partial charge in [-0.2, -0.15) is 8.78 Å². The summed E-state index contributed by atoms with van der Waals surface area (Å²) in [7, 11) is 0. The highest BCUT2D eigenvalue weighted by Crippen LogP contribution is 2.41. The number of rotatable bonds is 4. The Morgan fingerprint density at radius 2 is 1.97 bits per heavy atom. The van der Waals surface area contributed by atoms with Crippen molar-refractivity contribution in [1.82, 2.24) is 14.5 Å². The molecule has 0 saturated carbocycles. The smallest absolute Gasteiger partial charge is 0.387 e. The molecule has 0 spiro atoms. The lowest BCUT2D eigenvalue weighted by Crippen LogP contribution is -2.10. The van der Waals surface area contributed by atoms with E-state index in [4.69, 9.17) is 4.74 Å². The van der Waals surface area contributed by atoms with E-state index >= 15 is 0 Å². The molecule has 0 fully saturated rings. The summed E-state index contributed by atoms with van der Waals surface area (Å²) in [6.45, 7) is -0.997. The summed E-state index contributed by atoms with van der Waals surface area (Å²) in [4.78, 5) is 8.72. The van der Waals surface area contributed by atoms with E-state index in [1.807, 2.05) is 17.6 Å². The van der Waals surface area contributed by atoms with Crippen molar-refractivity contribution in [2.24, 2.45) is 0 Å². The zero-order valence-electron chi connectivity index (χ0n) is 16.1. The molecule has 1 aliphatic rings. The maximum atomic E-state index is 14.9. The highest BCUT2D eigenvalue weighted by atomic mass is 19.3. The van der Waals surface area contributed by atoms with Crippen molar-refractivity contribution in [2.75, 3.05) is 0 Å². The van der Waals surface area contributed by atoms with Crippen molar-refractivity contribution in [3.8, 4) is 16.9 Å². The molecule has 0 amide bonds. The van der Waals surface area contributed by atoms with Gasteiger partial charge in [0, 0.05) is 41.6 Å². The largest absolute Gasteiger partial charge is 0.434 e. The standard InChI is InChI=1S/C23H18F3N3O/c1-13-8-9-27-12-16(13)15-10-20-18(11-17(15)24)28-22-7-6-19(29(20)22)14-4-2-3-5-21(14)30-23(25)26/h2-5,8-12,19,23H,6-7H2,1H3/t19-/m1/s1. The van der Waals surface area contributed by atoms with Crippen molar-refractivity contribution in [3.05, 3.63) is 77.6 Å². The van der Waals surface area contributed by atoms with E-state index in [-0.39, 0.29) is 17.6 Å². The number of halogens is 3. The van der Waals surface area contributed by atoms with Crippen LogP contribution in [0.4, 0.5) is 13.2 Å². The van der Waals surface area contributed by atoms with Crippen LogP contribution in [0.2, 0.25) is 0 Å². The number of fused-ring (bicyclic) bond motifs is 3. The van der Waals surface area contributed by atoms with E-state index in [2.05, 4.69) is 9.97 Å². The average molecular weight is 409 g/mol. The fourth-order valence-corrected chi connectivity index (χ4v) is 4.29. The maximum absolute atomic E-state index is 14.9. The number of aryl methyl sites for hydroxylation is 2. The summed E-state index contributed by atoms with van der Waals surface area (Å²) in [5, 5.41) is 0. The van der Waals surface area contributed by atoms with Crippen LogP contribution in [0.15, 0.2) is 54.9 Å². The second-order valence-corrected chi connectivity index (χ2v) is 7.38. The third-order valence-corrected chi connectivity index (χ3v) is 5.63. The van der Waals surface area contributed by atoms with Crippen LogP contribution < -0.4 is 4.74 Å². The third kappa shape index (κ3) is 3.01. The normalized spacial score (nSPS) is 15.7. The first kappa shape index (κ1) is 18.7. The van der Waals surface area contributed by atoms with Crippen LogP contribution in [0.25, 0.3) is 22.2 Å². The molecule has 0 saturated heterocycles. The SMILES string of the molecule is Cc1ccncc1-c1cc2c(cc1F)nc1n2[C@@H](c2ccccc2OC(F)F)CC1. The molecule has 4 aromatic rings. The number of aromatic nitrogens is 3. The summed E-state index contributed by atoms with van der Waals surface area (Å²) < 4.78 is 47.5. The molecule has 7 heteroatoms. The van der Waals surface area contributed by atoms with Crippen LogP contribution in [-0.2, 0) is 6.42 Å². The second-order valence-electron chi connectivity index (χ2n) is 7.38. The fraction of sp³-hybridized carbons (Fsp3) is 0.217. The lowest BCUT2D eigenvalue weighted by Gasteiger charge is -2.19. The predicted octanol–water partition coefficient (Wildman–Crippen LogP) is 5.68. The first-order valence-corrected chi connectivity index (χ1v) is 9.68. The maximum Gasteiger partial charge on any atom is 0.387 e. The number of para-hydroxylation sites is 1. The highest BCUT2D eigenvalue weighted by Gasteiger charge is 2.30. The summed E-state index contributed by atoms with van der Waals surface area (Å²) in [5.74, 6) is 0.590. The van der Waals surface area contributed by atoms with Gasteiger partial charge in [-0.05, 0) is 37.1 Å². The molecule has 0 aliphatic carbocycles. The van der Waals surface area contributed by atoms with Crippen molar-refractivity contribution >= 4 is 11.0 Å². The Balaban J connectivity index is 1.68. The number of hydrogen-bond donors (Lipinski definition) is 0. The van der Waals surface area contributed by atoms with E-state index in [1.54, 1.807) is 42.7 Å². The Morgan fingerprint density at radius 1 is 1.13 bits per heavy atom. The van der Waals surface area contributed by atoms with Gasteiger partial charge in [0.05, 0.1) is 17.1 Å². The van der Waals surface area contributed by atoms with E-state index in [0.29, 0.717) is 35.0 Å². The Labute approximate surface area is 171 Å². The molecule has 0 radical (unpaired) electrons. The minimum atomic E-state index is -2.90. The minimum Gasteiger partial charge on any atom is -0.434 e. The van der Waals surface area contributed by atoms with Gasteiger partial charge in [0.25, 0.3) is 0 Å². The van der Waals surface area contributed by atoms with Gasteiger partial charge in [-0.1, -0.05) is 18.2 Å². The number of pyridine rings is 1. The molecule has 2 aromatic heterocycles. The number of hydrogen-bond acceptors (Lipinski definition) is 3. The van der Waals surface area contributed by atoms with E-state index in [9.17, 15) is 13.2 Å². The monoisotopic (exact) mass is 409 g/mol. The zero-order chi connectivity index (χ0) is 20.8. The van der Waals surface area contributed by atoms with Gasteiger partial charge in [0.2, 0.25) is 0 Å². The molecule has 1 atom stereocenters. The van der Waals surface area contributed by atoms with Gasteiger partial charge in [0.15, 0.2) is 0 Å². The Morgan fingerprint density at radius 3 is 2.77 bits per heavy atom. The van der Waals surface area contributed by atoms with Crippen LogP contribution in [0.5, 0.6) is 5.75 Å². The number of nitrogens with zero attached hydrogens (tertiary/aromatic N) is 3. The first-order chi connectivity index (χ1) is 14.5. The lowest BCUT2D eigenvalue weighted by atomic mass is 10.0. The van der Waals surface area contributed by atoms with Gasteiger partial charge >= 0.3 is 6.61 Å². The minimum absolute atomic E-state index is 0.151. The molecule has 2 aromatic carbocycles. The molecule has 3 heterocycles. The van der Waals surface area contributed by atoms with Crippen LogP contribution in [0.3, 0.4) is 0 Å². The molecule has 0 unspecified atom stereocenters. The zero-order valence-corrected chi connectivity index (χ0v) is 16.1. The molecule has 1 aliphatic heterocycles. The quantitative estimate of drug-likeness (QED) is 0.435. The molecular formula is C23H18F3N3O. The highest BCUT2D eigenvalue weighted by molar-refractivity contribution is 5.84. The first-order valence-electron chi connectivity index (χ1n) is 9.68. The molecule has 4 nitrogen and oxygen atoms in total. The van der Waals surface area contributed by atoms with Crippen molar-refractivity contribution in [3.63, 3.8) is 0 Å². The molecular weight excluding hydrogens is 391 g/mol. The number of benzene rings is 2. The Bertz CT molecular complexity index is 1250. The molecule has 0 bridgehead atoms. The van der Waals surface area contributed by atoms with Gasteiger partial charge in [-0.15, -0.1) is 0 Å². The van der Waals surface area contributed by atoms with Crippen LogP contribution in [-0.4, -0.2) is 21.1 Å². The van der Waals surface area contributed by atoms with Gasteiger partial charge < -0.3 is 9.30 Å². The van der Waals surface area contributed by atoms with Crippen molar-refractivity contribution in [2.45, 2.75) is 32.4 Å². The van der Waals surface area contributed by atoms with Crippen molar-refractivity contribution < 1.29 is 17.9 Å². The number of alkyl halides is 2. The Hall–Kier alpha value is -3.35. The lowest BCUT2D eigenvalue weighted by molar-refractivity contribution is -0.0506. The Kier molecular flexibility index (Phi) is 4.46. The number of ether oxygens (including phenoxy) is 1. The molecule has 5 rings (SSSR count). The van der Waals surface area contributed by atoms with Gasteiger partial charge in [-0.3, -0.25) is 4.98 Å². The van der Waals surface area contributed by atoms with E-state index in [0.717, 1.165) is 16.9 Å². The van der Waals surface area contributed by atoms with Crippen LogP contribution in [0.1, 0.15) is 29.4 Å². The van der Waals surface area contributed by atoms with Crippen molar-refractivity contribution in [1.29, 1.82) is 0 Å². The van der Waals surface area contributed by atoms with Crippen LogP contribution in [0, 0.1) is 12.7 Å². The second kappa shape index (κ2) is 7.16. The number of imidazole rings is 1. The van der Waals surface area contributed by atoms with Gasteiger partial charge in [-0.25, -0.2) is 9.37 Å². The average Bonchev–Trinajstić information content (AvgIpc) is 3.27. The molecule has 30 heavy (non-hydrogen) atoms.